The number of hydrogen-bond acceptors (Lipinski definition) is 2. The van der Waals surface area contributed by atoms with Gasteiger partial charge in [-0.1, -0.05) is 19.3 Å². The van der Waals surface area contributed by atoms with Crippen LogP contribution in [0.4, 0.5) is 0 Å². The zero-order valence-electron chi connectivity index (χ0n) is 9.34. The van der Waals surface area contributed by atoms with Crippen molar-refractivity contribution in [3.8, 4) is 0 Å². The van der Waals surface area contributed by atoms with Crippen LogP contribution in [0, 0.1) is 5.92 Å². The van der Waals surface area contributed by atoms with Crippen LogP contribution in [0.3, 0.4) is 0 Å². The number of carbonyl (C=O) groups excluding carboxylic acids is 1. The quantitative estimate of drug-likeness (QED) is 0.716. The molecule has 1 aromatic heterocycles. The summed E-state index contributed by atoms with van der Waals surface area (Å²) in [7, 11) is 0. The van der Waals surface area contributed by atoms with Gasteiger partial charge in [-0.2, -0.15) is 0 Å². The molecule has 2 aliphatic rings. The average molecular weight is 219 g/mol. The van der Waals surface area contributed by atoms with E-state index in [-0.39, 0.29) is 18.1 Å². The molecule has 0 bridgehead atoms. The number of ether oxygens (including phenoxy) is 1. The number of aromatic nitrogens is 1. The van der Waals surface area contributed by atoms with E-state index in [1.165, 1.54) is 32.1 Å². The third-order valence-corrected chi connectivity index (χ3v) is 3.74. The molecule has 16 heavy (non-hydrogen) atoms. The molecule has 2 fully saturated rings. The Kier molecular flexibility index (Phi) is 2.56. The lowest BCUT2D eigenvalue weighted by Gasteiger charge is -2.19. The number of nitrogens with zero attached hydrogens (tertiary/aromatic N) is 1. The second kappa shape index (κ2) is 4.06. The van der Waals surface area contributed by atoms with Crippen molar-refractivity contribution in [1.29, 1.82) is 0 Å². The monoisotopic (exact) mass is 219 g/mol. The Labute approximate surface area is 95.4 Å². The largest absolute Gasteiger partial charge is 0.359 e. The van der Waals surface area contributed by atoms with Crippen molar-refractivity contribution < 1.29 is 9.53 Å². The van der Waals surface area contributed by atoms with E-state index >= 15 is 0 Å². The van der Waals surface area contributed by atoms with Crippen molar-refractivity contribution in [1.82, 2.24) is 4.57 Å². The first-order chi connectivity index (χ1) is 7.86. The molecule has 3 nitrogen and oxygen atoms in total. The first-order valence-electron chi connectivity index (χ1n) is 6.19. The lowest BCUT2D eigenvalue weighted by Crippen LogP contribution is -2.22. The highest BCUT2D eigenvalue weighted by Crippen LogP contribution is 2.38. The fraction of sp³-hybridized carbons (Fsp3) is 0.615. The van der Waals surface area contributed by atoms with Gasteiger partial charge in [-0.15, -0.1) is 0 Å². The van der Waals surface area contributed by atoms with Crippen LogP contribution in [0.1, 0.15) is 36.9 Å². The van der Waals surface area contributed by atoms with Crippen molar-refractivity contribution in [3.05, 3.63) is 24.5 Å². The standard InChI is InChI=1S/C13H17NO2/c15-13(14-8-4-5-9-14)12-11(16-12)10-6-2-1-3-7-10/h4-5,8-12H,1-3,6-7H2/t11-,12+/m1/s1. The van der Waals surface area contributed by atoms with Crippen LogP contribution < -0.4 is 0 Å². The van der Waals surface area contributed by atoms with Gasteiger partial charge in [0.2, 0.25) is 0 Å². The smallest absolute Gasteiger partial charge is 0.262 e. The maximum atomic E-state index is 12.0. The van der Waals surface area contributed by atoms with Gasteiger partial charge in [-0.25, -0.2) is 0 Å². The number of hydrogen-bond donors (Lipinski definition) is 0. The summed E-state index contributed by atoms with van der Waals surface area (Å²) in [5.41, 5.74) is 0. The molecule has 2 atom stereocenters. The molecule has 3 rings (SSSR count). The maximum absolute atomic E-state index is 12.0. The normalized spacial score (nSPS) is 30.2. The second-order valence-electron chi connectivity index (χ2n) is 4.85. The van der Waals surface area contributed by atoms with Crippen molar-refractivity contribution in [2.45, 2.75) is 44.3 Å². The molecular weight excluding hydrogens is 202 g/mol. The molecule has 0 N–H and O–H groups in total. The molecule has 1 aliphatic carbocycles. The zero-order valence-corrected chi connectivity index (χ0v) is 9.34. The highest BCUT2D eigenvalue weighted by Gasteiger charge is 2.49. The molecular formula is C13H17NO2. The van der Waals surface area contributed by atoms with Gasteiger partial charge in [0.05, 0.1) is 6.10 Å². The number of carbonyl (C=O) groups is 1. The Morgan fingerprint density at radius 3 is 2.50 bits per heavy atom. The van der Waals surface area contributed by atoms with Crippen molar-refractivity contribution >= 4 is 5.91 Å². The fourth-order valence-electron chi connectivity index (χ4n) is 2.77. The third kappa shape index (κ3) is 1.80. The predicted molar refractivity (Wildman–Crippen MR) is 60.3 cm³/mol. The van der Waals surface area contributed by atoms with Crippen LogP contribution in [0.5, 0.6) is 0 Å². The number of rotatable bonds is 2. The number of epoxide rings is 1. The SMILES string of the molecule is O=C([C@H]1O[C@@H]1C1CCCCC1)n1cccc1. The third-order valence-electron chi connectivity index (χ3n) is 3.74. The van der Waals surface area contributed by atoms with Crippen LogP contribution in [0.25, 0.3) is 0 Å². The van der Waals surface area contributed by atoms with E-state index in [0.29, 0.717) is 5.92 Å². The van der Waals surface area contributed by atoms with Crippen LogP contribution in [0.15, 0.2) is 24.5 Å². The molecule has 0 aromatic carbocycles. The van der Waals surface area contributed by atoms with Crippen LogP contribution >= 0.6 is 0 Å². The summed E-state index contributed by atoms with van der Waals surface area (Å²) in [6.45, 7) is 0. The van der Waals surface area contributed by atoms with Crippen LogP contribution in [-0.2, 0) is 4.74 Å². The van der Waals surface area contributed by atoms with E-state index in [9.17, 15) is 4.79 Å². The first kappa shape index (κ1) is 10.1. The molecule has 0 spiro atoms. The van der Waals surface area contributed by atoms with Crippen LogP contribution in [0.2, 0.25) is 0 Å². The van der Waals surface area contributed by atoms with Crippen LogP contribution in [-0.4, -0.2) is 22.7 Å². The van der Waals surface area contributed by atoms with Gasteiger partial charge in [-0.05, 0) is 30.9 Å². The van der Waals surface area contributed by atoms with Gasteiger partial charge < -0.3 is 4.74 Å². The molecule has 0 radical (unpaired) electrons. The Morgan fingerprint density at radius 2 is 1.81 bits per heavy atom. The highest BCUT2D eigenvalue weighted by atomic mass is 16.6. The molecule has 1 saturated carbocycles. The predicted octanol–water partition coefficient (Wildman–Crippen LogP) is 2.48. The zero-order chi connectivity index (χ0) is 11.0. The van der Waals surface area contributed by atoms with E-state index in [1.807, 2.05) is 12.1 Å². The van der Waals surface area contributed by atoms with E-state index < -0.39 is 0 Å². The minimum atomic E-state index is -0.171. The van der Waals surface area contributed by atoms with E-state index in [1.54, 1.807) is 17.0 Å². The van der Waals surface area contributed by atoms with E-state index in [0.717, 1.165) is 0 Å². The second-order valence-corrected chi connectivity index (χ2v) is 4.85. The minimum Gasteiger partial charge on any atom is -0.359 e. The van der Waals surface area contributed by atoms with Gasteiger partial charge in [0.25, 0.3) is 5.91 Å². The van der Waals surface area contributed by atoms with Gasteiger partial charge >= 0.3 is 0 Å². The average Bonchev–Trinajstić information content (AvgIpc) is 2.95. The first-order valence-corrected chi connectivity index (χ1v) is 6.19. The summed E-state index contributed by atoms with van der Waals surface area (Å²) in [6, 6.07) is 3.74. The topological polar surface area (TPSA) is 34.5 Å². The molecule has 2 heterocycles. The van der Waals surface area contributed by atoms with Crippen molar-refractivity contribution in [3.63, 3.8) is 0 Å². The molecule has 3 heteroatoms. The minimum absolute atomic E-state index is 0.0978. The van der Waals surface area contributed by atoms with Gasteiger partial charge in [0.1, 0.15) is 0 Å². The Balaban J connectivity index is 1.61. The molecule has 1 aliphatic heterocycles. The molecule has 1 aromatic rings. The maximum Gasteiger partial charge on any atom is 0.262 e. The van der Waals surface area contributed by atoms with Crippen molar-refractivity contribution in [2.24, 2.45) is 5.92 Å². The highest BCUT2D eigenvalue weighted by molar-refractivity contribution is 5.86. The lowest BCUT2D eigenvalue weighted by atomic mass is 9.86. The summed E-state index contributed by atoms with van der Waals surface area (Å²) in [5.74, 6) is 0.721. The summed E-state index contributed by atoms with van der Waals surface area (Å²) in [6.07, 6.45) is 10.0. The van der Waals surface area contributed by atoms with E-state index in [2.05, 4.69) is 0 Å². The molecule has 0 unspecified atom stereocenters. The molecule has 0 amide bonds. The van der Waals surface area contributed by atoms with Gasteiger partial charge in [0.15, 0.2) is 6.10 Å². The van der Waals surface area contributed by atoms with Gasteiger partial charge in [-0.3, -0.25) is 9.36 Å². The summed E-state index contributed by atoms with van der Waals surface area (Å²) >= 11 is 0. The summed E-state index contributed by atoms with van der Waals surface area (Å²) in [5, 5.41) is 0. The fourth-order valence-corrected chi connectivity index (χ4v) is 2.77. The Hall–Kier alpha value is -1.09. The lowest BCUT2D eigenvalue weighted by molar-refractivity contribution is 0.0872. The summed E-state index contributed by atoms with van der Waals surface area (Å²) in [4.78, 5) is 12.0. The van der Waals surface area contributed by atoms with E-state index in [4.69, 9.17) is 4.74 Å². The van der Waals surface area contributed by atoms with Crippen molar-refractivity contribution in [2.75, 3.05) is 0 Å². The van der Waals surface area contributed by atoms with Gasteiger partial charge in [0, 0.05) is 12.4 Å². The molecule has 86 valence electrons. The molecule has 1 saturated heterocycles. The Bertz CT molecular complexity index is 365. The Morgan fingerprint density at radius 1 is 1.12 bits per heavy atom. The summed E-state index contributed by atoms with van der Waals surface area (Å²) < 4.78 is 7.20.